The Morgan fingerprint density at radius 3 is 2.54 bits per heavy atom. The fraction of sp³-hybridized carbons (Fsp3) is 0.350. The number of carbonyl (C=O) groups is 1. The first kappa shape index (κ1) is 17.9. The molecule has 26 heavy (non-hydrogen) atoms. The lowest BCUT2D eigenvalue weighted by Gasteiger charge is -2.08. The first-order chi connectivity index (χ1) is 12.5. The SMILES string of the molecule is Cc1cc(C)n(-c2ccc(CCC(=O)NCCn3ccnc3C)cc2)n1. The third-order valence-corrected chi connectivity index (χ3v) is 4.43. The smallest absolute Gasteiger partial charge is 0.220 e. The zero-order valence-electron chi connectivity index (χ0n) is 15.6. The van der Waals surface area contributed by atoms with Gasteiger partial charge in [-0.15, -0.1) is 0 Å². The number of carbonyl (C=O) groups excluding carboxylic acids is 1. The summed E-state index contributed by atoms with van der Waals surface area (Å²) < 4.78 is 3.96. The van der Waals surface area contributed by atoms with Gasteiger partial charge in [0.05, 0.1) is 11.4 Å². The van der Waals surface area contributed by atoms with E-state index in [9.17, 15) is 4.79 Å². The van der Waals surface area contributed by atoms with Crippen LogP contribution in [0.4, 0.5) is 0 Å². The molecule has 6 heteroatoms. The molecule has 0 spiro atoms. The van der Waals surface area contributed by atoms with Crippen molar-refractivity contribution < 1.29 is 4.79 Å². The van der Waals surface area contributed by atoms with E-state index in [1.54, 1.807) is 6.20 Å². The Morgan fingerprint density at radius 1 is 1.15 bits per heavy atom. The lowest BCUT2D eigenvalue weighted by Crippen LogP contribution is -2.27. The lowest BCUT2D eigenvalue weighted by molar-refractivity contribution is -0.121. The summed E-state index contributed by atoms with van der Waals surface area (Å²) in [5.74, 6) is 1.03. The average molecular weight is 351 g/mol. The number of aryl methyl sites for hydroxylation is 4. The van der Waals surface area contributed by atoms with Crippen molar-refractivity contribution >= 4 is 5.91 Å². The summed E-state index contributed by atoms with van der Waals surface area (Å²) in [5.41, 5.74) is 4.31. The number of rotatable bonds is 7. The molecule has 0 aliphatic heterocycles. The van der Waals surface area contributed by atoms with E-state index >= 15 is 0 Å². The van der Waals surface area contributed by atoms with Crippen LogP contribution >= 0.6 is 0 Å². The molecule has 0 fully saturated rings. The fourth-order valence-corrected chi connectivity index (χ4v) is 3.00. The van der Waals surface area contributed by atoms with E-state index in [0.29, 0.717) is 13.0 Å². The number of benzene rings is 1. The molecule has 3 rings (SSSR count). The van der Waals surface area contributed by atoms with E-state index in [1.807, 2.05) is 36.2 Å². The summed E-state index contributed by atoms with van der Waals surface area (Å²) in [6.45, 7) is 7.35. The standard InChI is InChI=1S/C20H25N5O/c1-15-14-16(2)25(23-15)19-7-4-18(5-8-19)6-9-20(26)22-11-13-24-12-10-21-17(24)3/h4-5,7-8,10,12,14H,6,9,11,13H2,1-3H3,(H,22,26). The molecule has 1 aromatic carbocycles. The van der Waals surface area contributed by atoms with Crippen LogP contribution in [0.5, 0.6) is 0 Å². The van der Waals surface area contributed by atoms with Gasteiger partial charge in [-0.3, -0.25) is 4.79 Å². The molecule has 1 amide bonds. The summed E-state index contributed by atoms with van der Waals surface area (Å²) in [6.07, 6.45) is 4.91. The molecular formula is C20H25N5O. The van der Waals surface area contributed by atoms with Gasteiger partial charge in [-0.05, 0) is 51.0 Å². The molecule has 136 valence electrons. The number of hydrogen-bond acceptors (Lipinski definition) is 3. The zero-order chi connectivity index (χ0) is 18.5. The minimum Gasteiger partial charge on any atom is -0.354 e. The largest absolute Gasteiger partial charge is 0.354 e. The van der Waals surface area contributed by atoms with Gasteiger partial charge >= 0.3 is 0 Å². The number of nitrogens with one attached hydrogen (secondary N) is 1. The minimum atomic E-state index is 0.0744. The highest BCUT2D eigenvalue weighted by Gasteiger charge is 2.06. The second-order valence-corrected chi connectivity index (χ2v) is 6.52. The van der Waals surface area contributed by atoms with Crippen molar-refractivity contribution in [2.24, 2.45) is 0 Å². The van der Waals surface area contributed by atoms with Crippen LogP contribution in [0.25, 0.3) is 5.69 Å². The van der Waals surface area contributed by atoms with Gasteiger partial charge in [0, 0.05) is 37.6 Å². The minimum absolute atomic E-state index is 0.0744. The van der Waals surface area contributed by atoms with Gasteiger partial charge in [0.25, 0.3) is 0 Å². The van der Waals surface area contributed by atoms with Crippen LogP contribution in [-0.4, -0.2) is 31.8 Å². The van der Waals surface area contributed by atoms with Gasteiger partial charge in [0.2, 0.25) is 5.91 Å². The molecule has 0 saturated heterocycles. The summed E-state index contributed by atoms with van der Waals surface area (Å²) in [6, 6.07) is 10.3. The molecule has 0 saturated carbocycles. The van der Waals surface area contributed by atoms with E-state index in [4.69, 9.17) is 0 Å². The van der Waals surface area contributed by atoms with Crippen LogP contribution in [0.3, 0.4) is 0 Å². The van der Waals surface area contributed by atoms with Crippen molar-refractivity contribution in [3.8, 4) is 5.69 Å². The van der Waals surface area contributed by atoms with Crippen molar-refractivity contribution in [1.29, 1.82) is 0 Å². The van der Waals surface area contributed by atoms with Crippen LogP contribution in [0.1, 0.15) is 29.2 Å². The van der Waals surface area contributed by atoms with Crippen molar-refractivity contribution in [2.45, 2.75) is 40.2 Å². The van der Waals surface area contributed by atoms with Crippen molar-refractivity contribution in [1.82, 2.24) is 24.6 Å². The molecule has 2 heterocycles. The second kappa shape index (κ2) is 7.99. The maximum absolute atomic E-state index is 12.0. The monoisotopic (exact) mass is 351 g/mol. The van der Waals surface area contributed by atoms with E-state index in [0.717, 1.165) is 41.4 Å². The van der Waals surface area contributed by atoms with Crippen molar-refractivity contribution in [2.75, 3.05) is 6.54 Å². The topological polar surface area (TPSA) is 64.7 Å². The van der Waals surface area contributed by atoms with Gasteiger partial charge < -0.3 is 9.88 Å². The highest BCUT2D eigenvalue weighted by atomic mass is 16.1. The van der Waals surface area contributed by atoms with Crippen LogP contribution in [-0.2, 0) is 17.8 Å². The Bertz CT molecular complexity index is 876. The van der Waals surface area contributed by atoms with Gasteiger partial charge in [-0.2, -0.15) is 5.10 Å². The van der Waals surface area contributed by atoms with Gasteiger partial charge in [-0.25, -0.2) is 9.67 Å². The third-order valence-electron chi connectivity index (χ3n) is 4.43. The third kappa shape index (κ3) is 4.39. The normalized spacial score (nSPS) is 10.9. The van der Waals surface area contributed by atoms with Gasteiger partial charge in [0.1, 0.15) is 5.82 Å². The van der Waals surface area contributed by atoms with E-state index < -0.39 is 0 Å². The Balaban J connectivity index is 1.46. The summed E-state index contributed by atoms with van der Waals surface area (Å²) in [7, 11) is 0. The quantitative estimate of drug-likeness (QED) is 0.712. The molecule has 1 N–H and O–H groups in total. The second-order valence-electron chi connectivity index (χ2n) is 6.52. The first-order valence-corrected chi connectivity index (χ1v) is 8.90. The van der Waals surface area contributed by atoms with E-state index in [-0.39, 0.29) is 5.91 Å². The van der Waals surface area contributed by atoms with Gasteiger partial charge in [-0.1, -0.05) is 12.1 Å². The molecule has 0 unspecified atom stereocenters. The maximum atomic E-state index is 12.0. The molecule has 0 bridgehead atoms. The van der Waals surface area contributed by atoms with Crippen molar-refractivity contribution in [3.63, 3.8) is 0 Å². The molecular weight excluding hydrogens is 326 g/mol. The predicted octanol–water partition coefficient (Wildman–Crippen LogP) is 2.74. The summed E-state index contributed by atoms with van der Waals surface area (Å²) >= 11 is 0. The van der Waals surface area contributed by atoms with Crippen LogP contribution < -0.4 is 5.32 Å². The van der Waals surface area contributed by atoms with E-state index in [1.165, 1.54) is 0 Å². The summed E-state index contributed by atoms with van der Waals surface area (Å²) in [5, 5.41) is 7.46. The number of nitrogens with zero attached hydrogens (tertiary/aromatic N) is 4. The molecule has 2 aromatic heterocycles. The summed E-state index contributed by atoms with van der Waals surface area (Å²) in [4.78, 5) is 16.2. The highest BCUT2D eigenvalue weighted by molar-refractivity contribution is 5.76. The number of amides is 1. The zero-order valence-corrected chi connectivity index (χ0v) is 15.6. The molecule has 6 nitrogen and oxygen atoms in total. The molecule has 0 aliphatic carbocycles. The molecule has 3 aromatic rings. The number of aromatic nitrogens is 4. The van der Waals surface area contributed by atoms with E-state index in [2.05, 4.69) is 45.7 Å². The van der Waals surface area contributed by atoms with Crippen molar-refractivity contribution in [3.05, 3.63) is 65.5 Å². The highest BCUT2D eigenvalue weighted by Crippen LogP contribution is 2.14. The van der Waals surface area contributed by atoms with Crippen LogP contribution in [0, 0.1) is 20.8 Å². The van der Waals surface area contributed by atoms with Crippen LogP contribution in [0.2, 0.25) is 0 Å². The Labute approximate surface area is 153 Å². The molecule has 0 aliphatic rings. The fourth-order valence-electron chi connectivity index (χ4n) is 3.00. The Hall–Kier alpha value is -2.89. The molecule has 0 radical (unpaired) electrons. The number of imidazole rings is 1. The lowest BCUT2D eigenvalue weighted by atomic mass is 10.1. The Kier molecular flexibility index (Phi) is 5.51. The van der Waals surface area contributed by atoms with Crippen LogP contribution in [0.15, 0.2) is 42.7 Å². The first-order valence-electron chi connectivity index (χ1n) is 8.90. The maximum Gasteiger partial charge on any atom is 0.220 e. The number of hydrogen-bond donors (Lipinski definition) is 1. The molecule has 0 atom stereocenters. The van der Waals surface area contributed by atoms with Gasteiger partial charge in [0.15, 0.2) is 0 Å². The predicted molar refractivity (Wildman–Crippen MR) is 101 cm³/mol. The Morgan fingerprint density at radius 2 is 1.92 bits per heavy atom. The average Bonchev–Trinajstić information content (AvgIpc) is 3.18.